The summed E-state index contributed by atoms with van der Waals surface area (Å²) < 4.78 is 115. The fourth-order valence-electron chi connectivity index (χ4n) is 2.15. The Morgan fingerprint density at radius 2 is 1.41 bits per heavy atom. The molecule has 34 heavy (non-hydrogen) atoms. The molecule has 0 atom stereocenters. The van der Waals surface area contributed by atoms with Gasteiger partial charge in [-0.2, -0.15) is 26.3 Å². The smallest absolute Gasteiger partial charge is 0.462 e. The van der Waals surface area contributed by atoms with Crippen molar-refractivity contribution in [3.63, 3.8) is 0 Å². The molecule has 196 valence electrons. The second-order valence-electron chi connectivity index (χ2n) is 7.49. The van der Waals surface area contributed by atoms with Gasteiger partial charge in [0.25, 0.3) is 0 Å². The minimum atomic E-state index is -6.72. The number of quaternary nitrogens is 1. The molecule has 1 rings (SSSR count). The molecule has 0 saturated heterocycles. The molecule has 0 spiro atoms. The van der Waals surface area contributed by atoms with Crippen LogP contribution in [-0.2, 0) is 36.1 Å². The summed E-state index contributed by atoms with van der Waals surface area (Å²) in [7, 11) is -9.07. The maximum Gasteiger partial charge on any atom is 0.480 e. The average Bonchev–Trinajstić information content (AvgIpc) is 2.63. The largest absolute Gasteiger partial charge is 0.480 e. The van der Waals surface area contributed by atoms with Crippen LogP contribution in [0.1, 0.15) is 18.9 Å². The highest BCUT2D eigenvalue weighted by atomic mass is 32.3. The molecule has 0 aliphatic rings. The first-order valence-corrected chi connectivity index (χ1v) is 12.0. The van der Waals surface area contributed by atoms with E-state index >= 15 is 0 Å². The van der Waals surface area contributed by atoms with Crippen LogP contribution in [0.2, 0.25) is 0 Å². The van der Waals surface area contributed by atoms with Gasteiger partial charge < -0.3 is 13.3 Å². The lowest BCUT2D eigenvalue weighted by Crippen LogP contribution is -2.40. The Labute approximate surface area is 193 Å². The molecular weight excluding hydrogens is 518 g/mol. The van der Waals surface area contributed by atoms with Crippen molar-refractivity contribution < 1.29 is 57.2 Å². The Morgan fingerprint density at radius 3 is 1.79 bits per heavy atom. The van der Waals surface area contributed by atoms with Gasteiger partial charge in [-0.05, 0) is 6.92 Å². The number of carbonyl (C=O) groups is 1. The van der Waals surface area contributed by atoms with Gasteiger partial charge in [-0.25, -0.2) is 21.6 Å². The number of hydrogen-bond acceptors (Lipinski definition) is 6. The van der Waals surface area contributed by atoms with Crippen LogP contribution in [0, 0.1) is 0 Å². The highest BCUT2D eigenvalue weighted by Gasteiger charge is 2.46. The number of ether oxygens (including phenoxy) is 1. The van der Waals surface area contributed by atoms with Gasteiger partial charge in [-0.15, -0.1) is 0 Å². The molecule has 1 aromatic carbocycles. The first kappa shape index (κ1) is 31.8. The third-order valence-electron chi connectivity index (χ3n) is 3.72. The van der Waals surface area contributed by atoms with E-state index in [1.165, 1.54) is 5.56 Å². The number of sulfonamides is 2. The summed E-state index contributed by atoms with van der Waals surface area (Å²) in [5, 5.41) is 0. The molecule has 0 amide bonds. The van der Waals surface area contributed by atoms with Crippen molar-refractivity contribution in [2.45, 2.75) is 30.9 Å². The lowest BCUT2D eigenvalue weighted by atomic mass is 10.2. The van der Waals surface area contributed by atoms with Gasteiger partial charge in [0.05, 0.1) is 27.2 Å². The van der Waals surface area contributed by atoms with Crippen molar-refractivity contribution in [2.75, 3.05) is 27.2 Å². The predicted molar refractivity (Wildman–Crippen MR) is 111 cm³/mol. The molecule has 8 nitrogen and oxygen atoms in total. The Kier molecular flexibility index (Phi) is 11.2. The van der Waals surface area contributed by atoms with E-state index < -0.39 is 31.1 Å². The van der Waals surface area contributed by atoms with Gasteiger partial charge in [0.1, 0.15) is 6.54 Å². The lowest BCUT2D eigenvalue weighted by Gasteiger charge is -2.29. The van der Waals surface area contributed by atoms with E-state index in [0.29, 0.717) is 12.2 Å². The fraction of sp³-hybridized carbons (Fsp3) is 0.500. The number of carbonyl (C=O) groups excluding carboxylic acids is 1. The monoisotopic (exact) mass is 542 g/mol. The fourth-order valence-corrected chi connectivity index (χ4v) is 3.86. The molecule has 0 fully saturated rings. The minimum absolute atomic E-state index is 0.298. The standard InChI is InChI=1S/C16H24NO2.C2F6NO4S2/c1-14(2)16(18)19-12-8-11-17(3,4)13-15-9-6-5-7-10-15;3-1(4,5)14(10,11)9-15(12,13)2(6,7)8/h5-7,9-10H,1,8,11-13H2,2-4H3;/q+1;-1. The topological polar surface area (TPSA) is 109 Å². The highest BCUT2D eigenvalue weighted by Crippen LogP contribution is 2.36. The van der Waals surface area contributed by atoms with Crippen molar-refractivity contribution in [1.29, 1.82) is 0 Å². The molecule has 0 N–H and O–H groups in total. The van der Waals surface area contributed by atoms with E-state index in [1.54, 1.807) is 6.92 Å². The van der Waals surface area contributed by atoms with Gasteiger partial charge >= 0.3 is 17.0 Å². The highest BCUT2D eigenvalue weighted by molar-refractivity contribution is 8.13. The summed E-state index contributed by atoms with van der Waals surface area (Å²) in [4.78, 5) is 11.2. The molecule has 1 aromatic rings. The summed E-state index contributed by atoms with van der Waals surface area (Å²) in [6.07, 6.45) is 0.860. The van der Waals surface area contributed by atoms with Gasteiger partial charge in [0, 0.05) is 17.6 Å². The maximum absolute atomic E-state index is 11.4. The predicted octanol–water partition coefficient (Wildman–Crippen LogP) is 3.83. The molecule has 0 unspecified atom stereocenters. The Balaban J connectivity index is 0.000000661. The first-order valence-electron chi connectivity index (χ1n) is 9.17. The van der Waals surface area contributed by atoms with E-state index in [1.807, 2.05) is 6.07 Å². The van der Waals surface area contributed by atoms with E-state index in [-0.39, 0.29) is 5.97 Å². The third-order valence-corrected chi connectivity index (χ3v) is 6.46. The first-order chi connectivity index (χ1) is 15.1. The Hall–Kier alpha value is -2.17. The molecule has 0 saturated carbocycles. The van der Waals surface area contributed by atoms with Crippen molar-refractivity contribution in [2.24, 2.45) is 0 Å². The van der Waals surface area contributed by atoms with Crippen LogP contribution in [0.15, 0.2) is 42.5 Å². The molecule has 0 aliphatic heterocycles. The molecular formula is C18H24F6N2O6S2. The zero-order valence-corrected chi connectivity index (χ0v) is 20.0. The summed E-state index contributed by atoms with van der Waals surface area (Å²) in [6, 6.07) is 10.4. The van der Waals surface area contributed by atoms with E-state index in [2.05, 4.69) is 44.9 Å². The van der Waals surface area contributed by atoms with Gasteiger partial charge in [0.15, 0.2) is 20.0 Å². The average molecular weight is 543 g/mol. The van der Waals surface area contributed by atoms with Crippen LogP contribution < -0.4 is 0 Å². The Bertz CT molecular complexity index is 995. The second kappa shape index (κ2) is 12.0. The lowest BCUT2D eigenvalue weighted by molar-refractivity contribution is -0.903. The quantitative estimate of drug-likeness (QED) is 0.154. The summed E-state index contributed by atoms with van der Waals surface area (Å²) in [6.45, 7) is 7.64. The zero-order chi connectivity index (χ0) is 27.0. The molecule has 0 aliphatic carbocycles. The van der Waals surface area contributed by atoms with Crippen LogP contribution in [-0.4, -0.2) is 65.6 Å². The van der Waals surface area contributed by atoms with Crippen LogP contribution in [0.25, 0.3) is 4.13 Å². The zero-order valence-electron chi connectivity index (χ0n) is 18.4. The third kappa shape index (κ3) is 11.3. The maximum atomic E-state index is 11.4. The van der Waals surface area contributed by atoms with Crippen LogP contribution in [0.5, 0.6) is 0 Å². The van der Waals surface area contributed by atoms with E-state index in [9.17, 15) is 48.0 Å². The SMILES string of the molecule is C=C(C)C(=O)OCCC[N+](C)(C)Cc1ccccc1.O=S(=O)([N-]S(=O)(=O)C(F)(F)F)C(F)(F)F. The number of hydrogen-bond donors (Lipinski definition) is 0. The number of alkyl halides is 6. The number of rotatable bonds is 9. The molecule has 0 bridgehead atoms. The molecule has 0 radical (unpaired) electrons. The van der Waals surface area contributed by atoms with E-state index in [0.717, 1.165) is 28.1 Å². The van der Waals surface area contributed by atoms with Crippen molar-refractivity contribution in [3.05, 3.63) is 52.2 Å². The number of benzene rings is 1. The van der Waals surface area contributed by atoms with Gasteiger partial charge in [-0.3, -0.25) is 0 Å². The second-order valence-corrected chi connectivity index (χ2v) is 10.9. The van der Waals surface area contributed by atoms with Crippen LogP contribution in [0.3, 0.4) is 0 Å². The molecule has 0 aromatic heterocycles. The summed E-state index contributed by atoms with van der Waals surface area (Å²) in [5.74, 6) is -0.298. The normalized spacial score (nSPS) is 13.0. The van der Waals surface area contributed by atoms with E-state index in [4.69, 9.17) is 4.74 Å². The summed E-state index contributed by atoms with van der Waals surface area (Å²) in [5.41, 5.74) is -10.6. The van der Waals surface area contributed by atoms with Crippen molar-refractivity contribution in [1.82, 2.24) is 0 Å². The van der Waals surface area contributed by atoms with Crippen LogP contribution >= 0.6 is 0 Å². The van der Waals surface area contributed by atoms with Crippen molar-refractivity contribution >= 4 is 26.0 Å². The van der Waals surface area contributed by atoms with Crippen LogP contribution in [0.4, 0.5) is 26.3 Å². The minimum Gasteiger partial charge on any atom is -0.462 e. The summed E-state index contributed by atoms with van der Waals surface area (Å²) >= 11 is 0. The molecule has 0 heterocycles. The van der Waals surface area contributed by atoms with Gasteiger partial charge in [-0.1, -0.05) is 36.9 Å². The number of nitrogens with zero attached hydrogens (tertiary/aromatic N) is 2. The number of halogens is 6. The van der Waals surface area contributed by atoms with Crippen molar-refractivity contribution in [3.8, 4) is 0 Å². The number of esters is 1. The molecule has 16 heteroatoms. The van der Waals surface area contributed by atoms with Gasteiger partial charge in [0.2, 0.25) is 0 Å². The Morgan fingerprint density at radius 1 is 0.971 bits per heavy atom.